The van der Waals surface area contributed by atoms with Crippen LogP contribution in [-0.2, 0) is 0 Å². The lowest BCUT2D eigenvalue weighted by Gasteiger charge is -2.17. The maximum atomic E-state index is 13.5. The molecule has 1 aromatic carbocycles. The van der Waals surface area contributed by atoms with Crippen LogP contribution >= 0.6 is 0 Å². The van der Waals surface area contributed by atoms with Gasteiger partial charge in [-0.1, -0.05) is 39.5 Å². The van der Waals surface area contributed by atoms with Crippen molar-refractivity contribution in [3.05, 3.63) is 35.1 Å². The fourth-order valence-corrected chi connectivity index (χ4v) is 2.29. The molecule has 1 rings (SSSR count). The number of halogens is 1. The smallest absolute Gasteiger partial charge is 0.124 e. The highest BCUT2D eigenvalue weighted by molar-refractivity contribution is 5.35. The standard InChI is InChI=1S/C16H22FN/c1-3-5-7-14(8-6-4-2)15-9-13(12-18)10-16(17)11-15/h9-11,14H,3-8H2,1-2H3. The number of nitriles is 1. The van der Waals surface area contributed by atoms with Crippen molar-refractivity contribution < 1.29 is 4.39 Å². The number of hydrogen-bond acceptors (Lipinski definition) is 1. The highest BCUT2D eigenvalue weighted by atomic mass is 19.1. The number of hydrogen-bond donors (Lipinski definition) is 0. The molecule has 0 spiro atoms. The molecule has 0 unspecified atom stereocenters. The Kier molecular flexibility index (Phi) is 6.43. The molecule has 1 aromatic rings. The summed E-state index contributed by atoms with van der Waals surface area (Å²) in [6.07, 6.45) is 6.81. The van der Waals surface area contributed by atoms with Crippen molar-refractivity contribution in [2.45, 2.75) is 58.3 Å². The number of nitrogens with zero attached hydrogens (tertiary/aromatic N) is 1. The number of unbranched alkanes of at least 4 members (excludes halogenated alkanes) is 2. The Bertz CT molecular complexity index is 398. The first-order valence-corrected chi connectivity index (χ1v) is 6.91. The van der Waals surface area contributed by atoms with Crippen LogP contribution in [0, 0.1) is 17.1 Å². The minimum Gasteiger partial charge on any atom is -0.207 e. The fraction of sp³-hybridized carbons (Fsp3) is 0.562. The zero-order chi connectivity index (χ0) is 13.4. The third-order valence-corrected chi connectivity index (χ3v) is 3.33. The average Bonchev–Trinajstić information content (AvgIpc) is 2.38. The lowest BCUT2D eigenvalue weighted by Crippen LogP contribution is -2.01. The normalized spacial score (nSPS) is 10.6. The first kappa shape index (κ1) is 14.7. The van der Waals surface area contributed by atoms with Gasteiger partial charge in [0.2, 0.25) is 0 Å². The number of benzene rings is 1. The van der Waals surface area contributed by atoms with Crippen molar-refractivity contribution in [2.24, 2.45) is 0 Å². The van der Waals surface area contributed by atoms with Gasteiger partial charge in [-0.3, -0.25) is 0 Å². The van der Waals surface area contributed by atoms with E-state index >= 15 is 0 Å². The first-order valence-electron chi connectivity index (χ1n) is 6.91. The van der Waals surface area contributed by atoms with E-state index in [0.717, 1.165) is 44.1 Å². The van der Waals surface area contributed by atoms with Crippen LogP contribution in [0.25, 0.3) is 0 Å². The third kappa shape index (κ3) is 4.49. The molecule has 0 aliphatic carbocycles. The largest absolute Gasteiger partial charge is 0.207 e. The Morgan fingerprint density at radius 3 is 2.22 bits per heavy atom. The molecule has 0 radical (unpaired) electrons. The summed E-state index contributed by atoms with van der Waals surface area (Å²) in [5.74, 6) is 0.106. The molecule has 0 aromatic heterocycles. The summed E-state index contributed by atoms with van der Waals surface area (Å²) < 4.78 is 13.5. The second kappa shape index (κ2) is 7.87. The molecule has 0 fully saturated rings. The summed E-state index contributed by atoms with van der Waals surface area (Å²) in [4.78, 5) is 0. The predicted molar refractivity (Wildman–Crippen MR) is 72.9 cm³/mol. The van der Waals surface area contributed by atoms with E-state index in [9.17, 15) is 4.39 Å². The summed E-state index contributed by atoms with van der Waals surface area (Å²) in [5, 5.41) is 8.90. The van der Waals surface area contributed by atoms with Crippen molar-refractivity contribution >= 4 is 0 Å². The molecule has 18 heavy (non-hydrogen) atoms. The zero-order valence-electron chi connectivity index (χ0n) is 11.4. The summed E-state index contributed by atoms with van der Waals surface area (Å²) in [6, 6.07) is 6.78. The Hall–Kier alpha value is -1.36. The minimum absolute atomic E-state index is 0.290. The van der Waals surface area contributed by atoms with Gasteiger partial charge in [0, 0.05) is 0 Å². The van der Waals surface area contributed by atoms with Gasteiger partial charge in [0.15, 0.2) is 0 Å². The summed E-state index contributed by atoms with van der Waals surface area (Å²) in [6.45, 7) is 4.34. The van der Waals surface area contributed by atoms with Crippen LogP contribution in [0.3, 0.4) is 0 Å². The molecule has 0 aliphatic rings. The Labute approximate surface area is 110 Å². The average molecular weight is 247 g/mol. The Balaban J connectivity index is 2.89. The molecule has 0 atom stereocenters. The molecule has 0 saturated heterocycles. The van der Waals surface area contributed by atoms with Crippen molar-refractivity contribution in [3.63, 3.8) is 0 Å². The van der Waals surface area contributed by atoms with E-state index in [1.807, 2.05) is 12.1 Å². The maximum absolute atomic E-state index is 13.5. The first-order chi connectivity index (χ1) is 8.71. The van der Waals surface area contributed by atoms with Crippen LogP contribution in [0.2, 0.25) is 0 Å². The quantitative estimate of drug-likeness (QED) is 0.652. The van der Waals surface area contributed by atoms with Gasteiger partial charge in [-0.05, 0) is 42.5 Å². The topological polar surface area (TPSA) is 23.8 Å². The maximum Gasteiger partial charge on any atom is 0.124 e. The molecular formula is C16H22FN. The van der Waals surface area contributed by atoms with Crippen LogP contribution in [0.5, 0.6) is 0 Å². The van der Waals surface area contributed by atoms with Crippen LogP contribution in [0.1, 0.15) is 69.4 Å². The van der Waals surface area contributed by atoms with Gasteiger partial charge < -0.3 is 0 Å². The Morgan fingerprint density at radius 1 is 1.11 bits per heavy atom. The van der Waals surface area contributed by atoms with Gasteiger partial charge in [-0.15, -0.1) is 0 Å². The predicted octanol–water partition coefficient (Wildman–Crippen LogP) is 5.16. The SMILES string of the molecule is CCCCC(CCCC)c1cc(F)cc(C#N)c1. The molecule has 0 N–H and O–H groups in total. The molecule has 0 bridgehead atoms. The van der Waals surface area contributed by atoms with Gasteiger partial charge in [0.25, 0.3) is 0 Å². The zero-order valence-corrected chi connectivity index (χ0v) is 11.4. The minimum atomic E-state index is -0.290. The summed E-state index contributed by atoms with van der Waals surface area (Å²) >= 11 is 0. The van der Waals surface area contributed by atoms with Gasteiger partial charge in [-0.2, -0.15) is 5.26 Å². The molecule has 2 heteroatoms. The van der Waals surface area contributed by atoms with Crippen molar-refractivity contribution in [3.8, 4) is 6.07 Å². The summed E-state index contributed by atoms with van der Waals surface area (Å²) in [7, 11) is 0. The molecule has 0 aliphatic heterocycles. The lowest BCUT2D eigenvalue weighted by molar-refractivity contribution is 0.520. The molecule has 0 saturated carbocycles. The Morgan fingerprint density at radius 2 is 1.72 bits per heavy atom. The van der Waals surface area contributed by atoms with Crippen LogP contribution in [0.4, 0.5) is 4.39 Å². The third-order valence-electron chi connectivity index (χ3n) is 3.33. The van der Waals surface area contributed by atoms with Gasteiger partial charge in [0.05, 0.1) is 11.6 Å². The van der Waals surface area contributed by atoms with E-state index in [-0.39, 0.29) is 5.82 Å². The van der Waals surface area contributed by atoms with Crippen molar-refractivity contribution in [2.75, 3.05) is 0 Å². The van der Waals surface area contributed by atoms with Gasteiger partial charge >= 0.3 is 0 Å². The highest BCUT2D eigenvalue weighted by Gasteiger charge is 2.12. The second-order valence-corrected chi connectivity index (χ2v) is 4.87. The molecule has 98 valence electrons. The number of rotatable bonds is 7. The van der Waals surface area contributed by atoms with Crippen molar-refractivity contribution in [1.82, 2.24) is 0 Å². The van der Waals surface area contributed by atoms with Crippen LogP contribution in [-0.4, -0.2) is 0 Å². The van der Waals surface area contributed by atoms with Crippen molar-refractivity contribution in [1.29, 1.82) is 5.26 Å². The van der Waals surface area contributed by atoms with E-state index in [0.29, 0.717) is 11.5 Å². The molecule has 1 nitrogen and oxygen atoms in total. The highest BCUT2D eigenvalue weighted by Crippen LogP contribution is 2.28. The van der Waals surface area contributed by atoms with Crippen LogP contribution < -0.4 is 0 Å². The van der Waals surface area contributed by atoms with Crippen LogP contribution in [0.15, 0.2) is 18.2 Å². The fourth-order valence-electron chi connectivity index (χ4n) is 2.29. The summed E-state index contributed by atoms with van der Waals surface area (Å²) in [5.41, 5.74) is 1.43. The van der Waals surface area contributed by atoms with Gasteiger partial charge in [-0.25, -0.2) is 4.39 Å². The van der Waals surface area contributed by atoms with E-state index in [2.05, 4.69) is 13.8 Å². The van der Waals surface area contributed by atoms with E-state index in [1.54, 1.807) is 6.07 Å². The van der Waals surface area contributed by atoms with E-state index in [4.69, 9.17) is 5.26 Å². The molecule has 0 amide bonds. The van der Waals surface area contributed by atoms with E-state index < -0.39 is 0 Å². The molecular weight excluding hydrogens is 225 g/mol. The molecule has 0 heterocycles. The monoisotopic (exact) mass is 247 g/mol. The lowest BCUT2D eigenvalue weighted by atomic mass is 9.88. The van der Waals surface area contributed by atoms with E-state index in [1.165, 1.54) is 6.07 Å². The second-order valence-electron chi connectivity index (χ2n) is 4.87. The van der Waals surface area contributed by atoms with Gasteiger partial charge in [0.1, 0.15) is 5.82 Å².